The van der Waals surface area contributed by atoms with Gasteiger partial charge in [-0.15, -0.1) is 11.3 Å². The fourth-order valence-corrected chi connectivity index (χ4v) is 4.61. The van der Waals surface area contributed by atoms with Crippen LogP contribution in [0, 0.1) is 5.92 Å². The first-order valence-electron chi connectivity index (χ1n) is 7.52. The molecule has 1 N–H and O–H groups in total. The van der Waals surface area contributed by atoms with Gasteiger partial charge in [0.15, 0.2) is 0 Å². The number of likely N-dealkylation sites (tertiary alicyclic amines) is 1. The van der Waals surface area contributed by atoms with Gasteiger partial charge in [0.2, 0.25) is 0 Å². The molecule has 2 aromatic rings. The zero-order valence-corrected chi connectivity index (χ0v) is 15.6. The minimum Gasteiger partial charge on any atom is -0.481 e. The van der Waals surface area contributed by atoms with Gasteiger partial charge in [0.25, 0.3) is 0 Å². The van der Waals surface area contributed by atoms with Crippen LogP contribution < -0.4 is 0 Å². The van der Waals surface area contributed by atoms with E-state index in [0.29, 0.717) is 6.54 Å². The maximum atomic E-state index is 11.4. The number of carbonyl (C=O) groups is 1. The minimum atomic E-state index is -0.700. The normalized spacial score (nSPS) is 20.3. The Labute approximate surface area is 153 Å². The minimum absolute atomic E-state index is 0.0581. The summed E-state index contributed by atoms with van der Waals surface area (Å²) >= 11 is 11.2. The lowest BCUT2D eigenvalue weighted by molar-refractivity contribution is -0.143. The van der Waals surface area contributed by atoms with Crippen molar-refractivity contribution in [3.05, 3.63) is 55.6 Å². The summed E-state index contributed by atoms with van der Waals surface area (Å²) in [4.78, 5) is 14.8. The molecule has 0 spiro atoms. The van der Waals surface area contributed by atoms with Crippen LogP contribution in [0.1, 0.15) is 29.3 Å². The van der Waals surface area contributed by atoms with E-state index in [9.17, 15) is 9.90 Å². The Morgan fingerprint density at radius 3 is 2.65 bits per heavy atom. The summed E-state index contributed by atoms with van der Waals surface area (Å²) in [5.41, 5.74) is 1.16. The maximum absolute atomic E-state index is 11.4. The molecule has 1 fully saturated rings. The number of carboxylic acids is 1. The Balaban J connectivity index is 1.94. The molecule has 0 saturated carbocycles. The van der Waals surface area contributed by atoms with Crippen LogP contribution >= 0.6 is 38.9 Å². The van der Waals surface area contributed by atoms with Crippen LogP contribution in [0.15, 0.2) is 40.9 Å². The largest absolute Gasteiger partial charge is 0.481 e. The van der Waals surface area contributed by atoms with Crippen LogP contribution in [0.4, 0.5) is 0 Å². The van der Waals surface area contributed by atoms with Crippen molar-refractivity contribution < 1.29 is 9.90 Å². The molecule has 0 amide bonds. The second kappa shape index (κ2) is 7.34. The lowest BCUT2D eigenvalue weighted by Crippen LogP contribution is -2.41. The third kappa shape index (κ3) is 3.97. The number of aliphatic carboxylic acids is 1. The Morgan fingerprint density at radius 1 is 1.30 bits per heavy atom. The molecule has 2 heterocycles. The van der Waals surface area contributed by atoms with Gasteiger partial charge in [-0.05, 0) is 49.2 Å². The number of carboxylic acid groups (broad SMARTS) is 1. The number of hydrogen-bond donors (Lipinski definition) is 1. The average molecular weight is 415 g/mol. The highest BCUT2D eigenvalue weighted by Gasteiger charge is 2.31. The molecular weight excluding hydrogens is 398 g/mol. The van der Waals surface area contributed by atoms with Gasteiger partial charge >= 0.3 is 5.97 Å². The number of thiophene rings is 1. The number of halogens is 2. The van der Waals surface area contributed by atoms with Crippen LogP contribution in [0.25, 0.3) is 0 Å². The van der Waals surface area contributed by atoms with Crippen molar-refractivity contribution in [2.45, 2.75) is 18.9 Å². The number of nitrogens with zero attached hydrogens (tertiary/aromatic N) is 1. The van der Waals surface area contributed by atoms with E-state index >= 15 is 0 Å². The van der Waals surface area contributed by atoms with Crippen molar-refractivity contribution in [1.82, 2.24) is 4.90 Å². The molecule has 2 atom stereocenters. The summed E-state index contributed by atoms with van der Waals surface area (Å²) in [7, 11) is 0. The summed E-state index contributed by atoms with van der Waals surface area (Å²) in [6.07, 6.45) is 1.66. The van der Waals surface area contributed by atoms with Crippen molar-refractivity contribution in [2.75, 3.05) is 13.1 Å². The Kier molecular flexibility index (Phi) is 5.42. The van der Waals surface area contributed by atoms with E-state index in [4.69, 9.17) is 11.6 Å². The standard InChI is InChI=1S/C17H17BrClNO2S/c18-13-5-3-11(4-6-13)16(14-7-8-15(19)23-14)20-9-1-2-12(10-20)17(21)22/h3-8,12,16H,1-2,9-10H2,(H,21,22). The van der Waals surface area contributed by atoms with Gasteiger partial charge in [0.1, 0.15) is 0 Å². The topological polar surface area (TPSA) is 40.5 Å². The van der Waals surface area contributed by atoms with E-state index in [0.717, 1.165) is 38.6 Å². The molecule has 23 heavy (non-hydrogen) atoms. The molecule has 0 bridgehead atoms. The van der Waals surface area contributed by atoms with E-state index in [-0.39, 0.29) is 12.0 Å². The smallest absolute Gasteiger partial charge is 0.307 e. The highest BCUT2D eigenvalue weighted by Crippen LogP contribution is 2.37. The molecule has 0 radical (unpaired) electrons. The molecule has 1 aromatic carbocycles. The van der Waals surface area contributed by atoms with Gasteiger partial charge in [0.05, 0.1) is 16.3 Å². The molecule has 6 heteroatoms. The Hall–Kier alpha value is -0.880. The average Bonchev–Trinajstić information content (AvgIpc) is 2.96. The first-order chi connectivity index (χ1) is 11.0. The zero-order chi connectivity index (χ0) is 16.4. The summed E-state index contributed by atoms with van der Waals surface area (Å²) < 4.78 is 1.79. The van der Waals surface area contributed by atoms with Crippen LogP contribution in [0.2, 0.25) is 4.34 Å². The summed E-state index contributed by atoms with van der Waals surface area (Å²) in [6, 6.07) is 12.2. The molecule has 1 saturated heterocycles. The fourth-order valence-electron chi connectivity index (χ4n) is 3.12. The summed E-state index contributed by atoms with van der Waals surface area (Å²) in [5, 5.41) is 9.37. The van der Waals surface area contributed by atoms with Gasteiger partial charge in [-0.3, -0.25) is 9.69 Å². The highest BCUT2D eigenvalue weighted by atomic mass is 79.9. The van der Waals surface area contributed by atoms with E-state index in [1.807, 2.05) is 24.3 Å². The molecule has 1 aromatic heterocycles. The van der Waals surface area contributed by atoms with Crippen LogP contribution in [-0.2, 0) is 4.79 Å². The molecule has 0 aliphatic carbocycles. The van der Waals surface area contributed by atoms with Gasteiger partial charge in [0, 0.05) is 15.9 Å². The van der Waals surface area contributed by atoms with E-state index in [1.165, 1.54) is 0 Å². The van der Waals surface area contributed by atoms with Gasteiger partial charge in [-0.1, -0.05) is 39.7 Å². The summed E-state index contributed by atoms with van der Waals surface area (Å²) in [5.74, 6) is -0.995. The second-order valence-electron chi connectivity index (χ2n) is 5.77. The third-order valence-corrected chi connectivity index (χ3v) is 6.03. The molecule has 122 valence electrons. The van der Waals surface area contributed by atoms with Crippen molar-refractivity contribution in [2.24, 2.45) is 5.92 Å². The number of piperidine rings is 1. The third-order valence-electron chi connectivity index (χ3n) is 4.22. The first-order valence-corrected chi connectivity index (χ1v) is 9.51. The van der Waals surface area contributed by atoms with Gasteiger partial charge in [-0.25, -0.2) is 0 Å². The van der Waals surface area contributed by atoms with Crippen molar-refractivity contribution >= 4 is 44.8 Å². The fraction of sp³-hybridized carbons (Fsp3) is 0.353. The van der Waals surface area contributed by atoms with Crippen LogP contribution in [-0.4, -0.2) is 29.1 Å². The lowest BCUT2D eigenvalue weighted by atomic mass is 9.94. The van der Waals surface area contributed by atoms with Crippen molar-refractivity contribution in [1.29, 1.82) is 0 Å². The van der Waals surface area contributed by atoms with Crippen LogP contribution in [0.3, 0.4) is 0 Å². The van der Waals surface area contributed by atoms with Crippen molar-refractivity contribution in [3.8, 4) is 0 Å². The van der Waals surface area contributed by atoms with Gasteiger partial charge < -0.3 is 5.11 Å². The van der Waals surface area contributed by atoms with Gasteiger partial charge in [-0.2, -0.15) is 0 Å². The molecule has 1 aliphatic heterocycles. The molecule has 1 aliphatic rings. The number of rotatable bonds is 4. The highest BCUT2D eigenvalue weighted by molar-refractivity contribution is 9.10. The monoisotopic (exact) mass is 413 g/mol. The molecule has 3 rings (SSSR count). The number of hydrogen-bond acceptors (Lipinski definition) is 3. The number of benzene rings is 1. The Morgan fingerprint density at radius 2 is 2.04 bits per heavy atom. The molecule has 3 nitrogen and oxygen atoms in total. The first kappa shape index (κ1) is 17.0. The SMILES string of the molecule is O=C(O)C1CCCN(C(c2ccc(Br)cc2)c2ccc(Cl)s2)C1. The van der Waals surface area contributed by atoms with E-state index in [1.54, 1.807) is 11.3 Å². The lowest BCUT2D eigenvalue weighted by Gasteiger charge is -2.37. The maximum Gasteiger partial charge on any atom is 0.307 e. The van der Waals surface area contributed by atoms with E-state index < -0.39 is 5.97 Å². The van der Waals surface area contributed by atoms with Crippen molar-refractivity contribution in [3.63, 3.8) is 0 Å². The summed E-state index contributed by atoms with van der Waals surface area (Å²) in [6.45, 7) is 1.48. The van der Waals surface area contributed by atoms with Crippen LogP contribution in [0.5, 0.6) is 0 Å². The quantitative estimate of drug-likeness (QED) is 0.761. The zero-order valence-electron chi connectivity index (χ0n) is 12.4. The molecule has 2 unspecified atom stereocenters. The molecular formula is C17H17BrClNO2S. The second-order valence-corrected chi connectivity index (χ2v) is 8.43. The predicted molar refractivity (Wildman–Crippen MR) is 97.2 cm³/mol. The Bertz CT molecular complexity index is 688. The van der Waals surface area contributed by atoms with E-state index in [2.05, 4.69) is 33.0 Å². The predicted octanol–water partition coefficient (Wildman–Crippen LogP) is 5.05.